The molecule has 1 saturated heterocycles. The fourth-order valence-corrected chi connectivity index (χ4v) is 3.24. The highest BCUT2D eigenvalue weighted by Crippen LogP contribution is 2.16. The van der Waals surface area contributed by atoms with Gasteiger partial charge in [-0.25, -0.2) is 14.3 Å². The number of hydrazine groups is 1. The van der Waals surface area contributed by atoms with Crippen molar-refractivity contribution in [3.05, 3.63) is 0 Å². The molecule has 0 spiro atoms. The maximum Gasteiger partial charge on any atom is 0.323 e. The van der Waals surface area contributed by atoms with Crippen molar-refractivity contribution in [3.8, 4) is 0 Å². The maximum atomic E-state index is 11.3. The van der Waals surface area contributed by atoms with Crippen LogP contribution in [0, 0.1) is 0 Å². The third-order valence-electron chi connectivity index (χ3n) is 2.40. The fourth-order valence-electron chi connectivity index (χ4n) is 1.47. The largest absolute Gasteiger partial charge is 0.333 e. The number of likely N-dealkylation sites (N-methyl/N-ethyl adjacent to an activating group) is 1. The second kappa shape index (κ2) is 4.15. The van der Waals surface area contributed by atoms with Gasteiger partial charge in [0.15, 0.2) is 9.84 Å². The van der Waals surface area contributed by atoms with Gasteiger partial charge in [-0.15, -0.1) is 0 Å². The molecule has 8 heteroatoms. The summed E-state index contributed by atoms with van der Waals surface area (Å²) in [6, 6.07) is -0.431. The number of hydrogen-bond donors (Lipinski definition) is 2. The third kappa shape index (κ3) is 2.66. The minimum atomic E-state index is -3.06. The molecule has 1 unspecified atom stereocenters. The maximum absolute atomic E-state index is 11.3. The zero-order valence-corrected chi connectivity index (χ0v) is 9.08. The lowest BCUT2D eigenvalue weighted by Crippen LogP contribution is -2.48. The molecule has 7 nitrogen and oxygen atoms in total. The van der Waals surface area contributed by atoms with Gasteiger partial charge in [0, 0.05) is 13.1 Å². The quantitative estimate of drug-likeness (QED) is 0.228. The molecule has 1 fully saturated rings. The van der Waals surface area contributed by atoms with Gasteiger partial charge in [-0.3, -0.25) is 15.0 Å². The SMILES string of the molecule is CN(C(=O)C(=O)NN)C1CCS(=O)(=O)C1. The molecule has 1 rings (SSSR count). The molecular weight excluding hydrogens is 222 g/mol. The average molecular weight is 235 g/mol. The Balaban J connectivity index is 2.67. The van der Waals surface area contributed by atoms with Crippen LogP contribution in [0.4, 0.5) is 0 Å². The van der Waals surface area contributed by atoms with E-state index in [1.807, 2.05) is 0 Å². The van der Waals surface area contributed by atoms with E-state index in [0.717, 1.165) is 4.90 Å². The van der Waals surface area contributed by atoms with E-state index in [9.17, 15) is 18.0 Å². The smallest absolute Gasteiger partial charge is 0.323 e. The normalized spacial score (nSPS) is 23.5. The molecule has 1 atom stereocenters. The van der Waals surface area contributed by atoms with Crippen LogP contribution in [0.15, 0.2) is 0 Å². The number of nitrogens with one attached hydrogen (secondary N) is 1. The van der Waals surface area contributed by atoms with Crippen molar-refractivity contribution in [1.82, 2.24) is 10.3 Å². The zero-order valence-electron chi connectivity index (χ0n) is 8.26. The van der Waals surface area contributed by atoms with Crippen molar-refractivity contribution >= 4 is 21.7 Å². The van der Waals surface area contributed by atoms with Gasteiger partial charge in [0.05, 0.1) is 11.5 Å². The minimum Gasteiger partial charge on any atom is -0.333 e. The van der Waals surface area contributed by atoms with E-state index < -0.39 is 27.7 Å². The van der Waals surface area contributed by atoms with Gasteiger partial charge in [0.1, 0.15) is 0 Å². The highest BCUT2D eigenvalue weighted by atomic mass is 32.2. The zero-order chi connectivity index (χ0) is 11.6. The first kappa shape index (κ1) is 11.9. The number of carbonyl (C=O) groups excluding carboxylic acids is 2. The monoisotopic (exact) mass is 235 g/mol. The van der Waals surface area contributed by atoms with E-state index in [1.165, 1.54) is 7.05 Å². The van der Waals surface area contributed by atoms with Gasteiger partial charge >= 0.3 is 11.8 Å². The number of sulfone groups is 1. The predicted octanol–water partition coefficient (Wildman–Crippen LogP) is -2.38. The van der Waals surface area contributed by atoms with Crippen LogP contribution in [-0.4, -0.2) is 49.7 Å². The molecule has 0 aromatic heterocycles. The summed E-state index contributed by atoms with van der Waals surface area (Å²) in [4.78, 5) is 23.3. The first-order valence-corrected chi connectivity index (χ1v) is 6.17. The van der Waals surface area contributed by atoms with Crippen LogP contribution in [0.25, 0.3) is 0 Å². The summed E-state index contributed by atoms with van der Waals surface area (Å²) < 4.78 is 22.3. The first-order chi connectivity index (χ1) is 6.87. The lowest BCUT2D eigenvalue weighted by molar-refractivity contribution is -0.146. The molecule has 86 valence electrons. The standard InChI is InChI=1S/C7H13N3O4S/c1-10(7(12)6(11)9-8)5-2-3-15(13,14)4-5/h5H,2-4,8H2,1H3,(H,9,11). The van der Waals surface area contributed by atoms with Gasteiger partial charge in [0.25, 0.3) is 0 Å². The van der Waals surface area contributed by atoms with Crippen LogP contribution >= 0.6 is 0 Å². The summed E-state index contributed by atoms with van der Waals surface area (Å²) in [6.07, 6.45) is 0.364. The summed E-state index contributed by atoms with van der Waals surface area (Å²) in [6.45, 7) is 0. The Labute approximate surface area is 87.5 Å². The number of hydrogen-bond acceptors (Lipinski definition) is 5. The van der Waals surface area contributed by atoms with Gasteiger partial charge in [-0.2, -0.15) is 0 Å². The molecule has 15 heavy (non-hydrogen) atoms. The lowest BCUT2D eigenvalue weighted by atomic mass is 10.2. The molecule has 2 amide bonds. The summed E-state index contributed by atoms with van der Waals surface area (Å²) in [7, 11) is -1.67. The van der Waals surface area contributed by atoms with Crippen molar-refractivity contribution in [2.75, 3.05) is 18.6 Å². The Kier molecular flexibility index (Phi) is 3.30. The van der Waals surface area contributed by atoms with E-state index in [0.29, 0.717) is 6.42 Å². The van der Waals surface area contributed by atoms with Crippen LogP contribution in [0.5, 0.6) is 0 Å². The van der Waals surface area contributed by atoms with Crippen molar-refractivity contribution < 1.29 is 18.0 Å². The number of rotatable bonds is 1. The van der Waals surface area contributed by atoms with Crippen LogP contribution in [0.2, 0.25) is 0 Å². The molecule has 0 aliphatic carbocycles. The van der Waals surface area contributed by atoms with E-state index in [1.54, 1.807) is 5.43 Å². The van der Waals surface area contributed by atoms with Gasteiger partial charge in [-0.05, 0) is 6.42 Å². The van der Waals surface area contributed by atoms with Crippen LogP contribution in [0.1, 0.15) is 6.42 Å². The van der Waals surface area contributed by atoms with Gasteiger partial charge in [0.2, 0.25) is 0 Å². The topological polar surface area (TPSA) is 110 Å². The molecule has 0 aromatic rings. The predicted molar refractivity (Wildman–Crippen MR) is 52.2 cm³/mol. The van der Waals surface area contributed by atoms with Gasteiger partial charge < -0.3 is 4.90 Å². The highest BCUT2D eigenvalue weighted by Gasteiger charge is 2.34. The van der Waals surface area contributed by atoms with Crippen LogP contribution in [-0.2, 0) is 19.4 Å². The van der Waals surface area contributed by atoms with Crippen LogP contribution in [0.3, 0.4) is 0 Å². The second-order valence-corrected chi connectivity index (χ2v) is 5.68. The number of nitrogens with zero attached hydrogens (tertiary/aromatic N) is 1. The summed E-state index contributed by atoms with van der Waals surface area (Å²) in [5, 5.41) is 0. The summed E-state index contributed by atoms with van der Waals surface area (Å²) in [5.74, 6) is 3.00. The molecule has 0 radical (unpaired) electrons. The Hall–Kier alpha value is -1.15. The summed E-state index contributed by atoms with van der Waals surface area (Å²) >= 11 is 0. The second-order valence-electron chi connectivity index (χ2n) is 3.45. The molecule has 0 aromatic carbocycles. The third-order valence-corrected chi connectivity index (χ3v) is 4.15. The van der Waals surface area contributed by atoms with Crippen molar-refractivity contribution in [2.24, 2.45) is 5.84 Å². The highest BCUT2D eigenvalue weighted by molar-refractivity contribution is 7.91. The van der Waals surface area contributed by atoms with E-state index in [2.05, 4.69) is 0 Å². The average Bonchev–Trinajstić information content (AvgIpc) is 2.55. The molecule has 3 N–H and O–H groups in total. The Morgan fingerprint density at radius 3 is 2.47 bits per heavy atom. The molecular formula is C7H13N3O4S. The number of nitrogens with two attached hydrogens (primary N) is 1. The minimum absolute atomic E-state index is 0.0551. The van der Waals surface area contributed by atoms with E-state index >= 15 is 0 Å². The van der Waals surface area contributed by atoms with Crippen molar-refractivity contribution in [3.63, 3.8) is 0 Å². The fraction of sp³-hybridized carbons (Fsp3) is 0.714. The molecule has 1 aliphatic heterocycles. The first-order valence-electron chi connectivity index (χ1n) is 4.35. The molecule has 0 bridgehead atoms. The number of amides is 2. The lowest BCUT2D eigenvalue weighted by Gasteiger charge is -2.21. The molecule has 1 aliphatic rings. The van der Waals surface area contributed by atoms with Crippen LogP contribution < -0.4 is 11.3 Å². The Morgan fingerprint density at radius 2 is 2.07 bits per heavy atom. The summed E-state index contributed by atoms with van der Waals surface area (Å²) in [5.41, 5.74) is 1.71. The Morgan fingerprint density at radius 1 is 1.47 bits per heavy atom. The molecule has 1 heterocycles. The van der Waals surface area contributed by atoms with E-state index in [-0.39, 0.29) is 11.5 Å². The van der Waals surface area contributed by atoms with Crippen molar-refractivity contribution in [2.45, 2.75) is 12.5 Å². The number of carbonyl (C=O) groups is 2. The Bertz CT molecular complexity index is 378. The van der Waals surface area contributed by atoms with E-state index in [4.69, 9.17) is 5.84 Å². The van der Waals surface area contributed by atoms with Crippen molar-refractivity contribution in [1.29, 1.82) is 0 Å². The van der Waals surface area contributed by atoms with Gasteiger partial charge in [-0.1, -0.05) is 0 Å². The molecule has 0 saturated carbocycles.